The van der Waals surface area contributed by atoms with Crippen molar-refractivity contribution in [3.05, 3.63) is 45.7 Å². The number of aryl methyl sites for hydroxylation is 2. The average Bonchev–Trinajstić information content (AvgIpc) is 2.90. The third-order valence-corrected chi connectivity index (χ3v) is 5.37. The third kappa shape index (κ3) is 6.22. The zero-order chi connectivity index (χ0) is 21.6. The van der Waals surface area contributed by atoms with Crippen LogP contribution in [-0.2, 0) is 18.3 Å². The molecule has 0 spiro atoms. The molecule has 0 aliphatic rings. The van der Waals surface area contributed by atoms with E-state index >= 15 is 0 Å². The molecular formula is C21H31ClN6O. The number of guanidine groups is 1. The number of nitrogens with one attached hydrogen (secondary N) is 3. The van der Waals surface area contributed by atoms with Crippen LogP contribution in [0.5, 0.6) is 0 Å². The van der Waals surface area contributed by atoms with Gasteiger partial charge in [-0.25, -0.2) is 0 Å². The van der Waals surface area contributed by atoms with Crippen molar-refractivity contribution in [1.82, 2.24) is 20.4 Å². The van der Waals surface area contributed by atoms with Crippen molar-refractivity contribution >= 4 is 29.2 Å². The molecule has 1 heterocycles. The number of carbonyl (C=O) groups is 1. The Bertz CT molecular complexity index is 890. The Hall–Kier alpha value is -2.54. The van der Waals surface area contributed by atoms with E-state index in [1.165, 1.54) is 11.3 Å². The van der Waals surface area contributed by atoms with Gasteiger partial charge >= 0.3 is 0 Å². The fourth-order valence-corrected chi connectivity index (χ4v) is 3.32. The number of benzene rings is 1. The Morgan fingerprint density at radius 3 is 2.66 bits per heavy atom. The minimum Gasteiger partial charge on any atom is -0.356 e. The lowest BCUT2D eigenvalue weighted by atomic mass is 10.1. The molecule has 158 valence electrons. The van der Waals surface area contributed by atoms with Crippen LogP contribution >= 0.6 is 11.6 Å². The largest absolute Gasteiger partial charge is 0.356 e. The van der Waals surface area contributed by atoms with Crippen LogP contribution in [0.25, 0.3) is 0 Å². The monoisotopic (exact) mass is 418 g/mol. The molecule has 8 heteroatoms. The van der Waals surface area contributed by atoms with E-state index in [-0.39, 0.29) is 11.9 Å². The molecule has 0 bridgehead atoms. The van der Waals surface area contributed by atoms with Gasteiger partial charge in [0.1, 0.15) is 0 Å². The van der Waals surface area contributed by atoms with Crippen molar-refractivity contribution < 1.29 is 4.79 Å². The van der Waals surface area contributed by atoms with Gasteiger partial charge in [0.15, 0.2) is 5.96 Å². The van der Waals surface area contributed by atoms with Crippen molar-refractivity contribution in [2.24, 2.45) is 12.0 Å². The third-order valence-electron chi connectivity index (χ3n) is 4.96. The number of amides is 1. The Morgan fingerprint density at radius 1 is 1.31 bits per heavy atom. The SMILES string of the molecule is CN=C(NCCC(=O)Nc1cccc(Cl)c1C)NC(C)Cc1c(C)nn(C)c1C. The number of hydrogen-bond donors (Lipinski definition) is 3. The fraction of sp³-hybridized carbons (Fsp3) is 0.476. The average molecular weight is 419 g/mol. The number of aromatic nitrogens is 2. The van der Waals surface area contributed by atoms with Gasteiger partial charge in [-0.15, -0.1) is 0 Å². The zero-order valence-electron chi connectivity index (χ0n) is 18.1. The van der Waals surface area contributed by atoms with Gasteiger partial charge in [-0.2, -0.15) is 5.10 Å². The lowest BCUT2D eigenvalue weighted by Gasteiger charge is -2.18. The van der Waals surface area contributed by atoms with E-state index in [1.807, 2.05) is 37.7 Å². The molecule has 1 amide bonds. The van der Waals surface area contributed by atoms with E-state index in [9.17, 15) is 4.79 Å². The van der Waals surface area contributed by atoms with Crippen molar-refractivity contribution in [3.8, 4) is 0 Å². The summed E-state index contributed by atoms with van der Waals surface area (Å²) in [6, 6.07) is 5.64. The maximum Gasteiger partial charge on any atom is 0.226 e. The molecular weight excluding hydrogens is 388 g/mol. The van der Waals surface area contributed by atoms with Gasteiger partial charge in [-0.05, 0) is 57.4 Å². The molecule has 2 aromatic rings. The molecule has 3 N–H and O–H groups in total. The predicted octanol–water partition coefficient (Wildman–Crippen LogP) is 3.12. The second kappa shape index (κ2) is 10.3. The summed E-state index contributed by atoms with van der Waals surface area (Å²) in [6.45, 7) is 8.57. The normalized spacial score (nSPS) is 12.6. The van der Waals surface area contributed by atoms with E-state index in [2.05, 4.69) is 39.9 Å². The first kappa shape index (κ1) is 22.7. The second-order valence-corrected chi connectivity index (χ2v) is 7.64. The highest BCUT2D eigenvalue weighted by Crippen LogP contribution is 2.22. The molecule has 0 aliphatic heterocycles. The van der Waals surface area contributed by atoms with Crippen LogP contribution < -0.4 is 16.0 Å². The van der Waals surface area contributed by atoms with Crippen LogP contribution in [0.3, 0.4) is 0 Å². The summed E-state index contributed by atoms with van der Waals surface area (Å²) >= 11 is 6.10. The topological polar surface area (TPSA) is 83.3 Å². The van der Waals surface area contributed by atoms with Crippen LogP contribution in [0.2, 0.25) is 5.02 Å². The summed E-state index contributed by atoms with van der Waals surface area (Å²) in [7, 11) is 3.68. The summed E-state index contributed by atoms with van der Waals surface area (Å²) in [4.78, 5) is 16.5. The Labute approximate surface area is 177 Å². The summed E-state index contributed by atoms with van der Waals surface area (Å²) in [5, 5.41) is 14.6. The molecule has 1 atom stereocenters. The van der Waals surface area contributed by atoms with Crippen LogP contribution in [0.15, 0.2) is 23.2 Å². The molecule has 1 unspecified atom stereocenters. The number of carbonyl (C=O) groups excluding carboxylic acids is 1. The van der Waals surface area contributed by atoms with Gasteiger partial charge in [-0.3, -0.25) is 14.5 Å². The number of aliphatic imine (C=N–C) groups is 1. The number of anilines is 1. The van der Waals surface area contributed by atoms with Crippen molar-refractivity contribution in [1.29, 1.82) is 0 Å². The number of rotatable bonds is 7. The first-order chi connectivity index (χ1) is 13.7. The summed E-state index contributed by atoms with van der Waals surface area (Å²) < 4.78 is 1.91. The molecule has 7 nitrogen and oxygen atoms in total. The number of hydrogen-bond acceptors (Lipinski definition) is 3. The molecule has 29 heavy (non-hydrogen) atoms. The molecule has 0 fully saturated rings. The quantitative estimate of drug-likeness (QED) is 0.476. The Kier molecular flexibility index (Phi) is 8.08. The van der Waals surface area contributed by atoms with E-state index < -0.39 is 0 Å². The van der Waals surface area contributed by atoms with Crippen LogP contribution in [0.4, 0.5) is 5.69 Å². The smallest absolute Gasteiger partial charge is 0.226 e. The van der Waals surface area contributed by atoms with Crippen molar-refractivity contribution in [2.75, 3.05) is 18.9 Å². The second-order valence-electron chi connectivity index (χ2n) is 7.23. The van der Waals surface area contributed by atoms with E-state index in [0.717, 1.165) is 23.4 Å². The molecule has 1 aromatic carbocycles. The fourth-order valence-electron chi connectivity index (χ4n) is 3.15. The minimum absolute atomic E-state index is 0.0759. The van der Waals surface area contributed by atoms with Gasteiger partial charge in [0.05, 0.1) is 5.69 Å². The summed E-state index contributed by atoms with van der Waals surface area (Å²) in [5.74, 6) is 0.594. The first-order valence-corrected chi connectivity index (χ1v) is 10.1. The minimum atomic E-state index is -0.0759. The van der Waals surface area contributed by atoms with Gasteiger partial charge in [-0.1, -0.05) is 17.7 Å². The summed E-state index contributed by atoms with van der Waals surface area (Å²) in [5.41, 5.74) is 5.07. The van der Waals surface area contributed by atoms with Crippen LogP contribution in [-0.4, -0.2) is 41.3 Å². The van der Waals surface area contributed by atoms with Crippen molar-refractivity contribution in [3.63, 3.8) is 0 Å². The number of halogens is 1. The molecule has 0 aliphatic carbocycles. The zero-order valence-corrected chi connectivity index (χ0v) is 18.8. The maximum atomic E-state index is 12.2. The maximum absolute atomic E-state index is 12.2. The highest BCUT2D eigenvalue weighted by molar-refractivity contribution is 6.31. The van der Waals surface area contributed by atoms with E-state index in [1.54, 1.807) is 13.1 Å². The highest BCUT2D eigenvalue weighted by atomic mass is 35.5. The van der Waals surface area contributed by atoms with Gasteiger partial charge < -0.3 is 16.0 Å². The molecule has 0 saturated heterocycles. The van der Waals surface area contributed by atoms with Crippen LogP contribution in [0.1, 0.15) is 35.9 Å². The van der Waals surface area contributed by atoms with Gasteiger partial charge in [0.25, 0.3) is 0 Å². The standard InChI is InChI=1S/C21H31ClN6O/c1-13(12-17-15(3)27-28(6)16(17)4)25-21(23-5)24-11-10-20(29)26-19-9-7-8-18(22)14(19)2/h7-9,13H,10-12H2,1-6H3,(H,26,29)(H2,23,24,25). The Balaban J connectivity index is 1.81. The molecule has 2 rings (SSSR count). The van der Waals surface area contributed by atoms with Gasteiger partial charge in [0, 0.05) is 49.5 Å². The van der Waals surface area contributed by atoms with E-state index in [0.29, 0.717) is 23.9 Å². The highest BCUT2D eigenvalue weighted by Gasteiger charge is 2.14. The van der Waals surface area contributed by atoms with Gasteiger partial charge in [0.2, 0.25) is 5.91 Å². The lowest BCUT2D eigenvalue weighted by Crippen LogP contribution is -2.44. The number of nitrogens with zero attached hydrogens (tertiary/aromatic N) is 3. The molecule has 0 radical (unpaired) electrons. The Morgan fingerprint density at radius 2 is 2.03 bits per heavy atom. The lowest BCUT2D eigenvalue weighted by molar-refractivity contribution is -0.116. The van der Waals surface area contributed by atoms with E-state index in [4.69, 9.17) is 11.6 Å². The summed E-state index contributed by atoms with van der Waals surface area (Å²) in [6.07, 6.45) is 1.17. The predicted molar refractivity (Wildman–Crippen MR) is 120 cm³/mol. The first-order valence-electron chi connectivity index (χ1n) is 9.74. The van der Waals surface area contributed by atoms with Crippen LogP contribution in [0, 0.1) is 20.8 Å². The molecule has 1 aromatic heterocycles. The van der Waals surface area contributed by atoms with Crippen molar-refractivity contribution in [2.45, 2.75) is 46.6 Å². The molecule has 0 saturated carbocycles.